The van der Waals surface area contributed by atoms with Crippen molar-refractivity contribution in [1.82, 2.24) is 20.2 Å². The van der Waals surface area contributed by atoms with Crippen LogP contribution in [0.3, 0.4) is 0 Å². The predicted molar refractivity (Wildman–Crippen MR) is 48.3 cm³/mol. The molecule has 0 aliphatic rings. The first-order chi connectivity index (χ1) is 6.81. The second-order valence-corrected chi connectivity index (χ2v) is 2.96. The Bertz CT molecular complexity index is 405. The van der Waals surface area contributed by atoms with E-state index in [-0.39, 0.29) is 0 Å². The summed E-state index contributed by atoms with van der Waals surface area (Å²) in [5.74, 6) is 0.751. The summed E-state index contributed by atoms with van der Waals surface area (Å²) < 4.78 is 6.70. The molecule has 2 heterocycles. The summed E-state index contributed by atoms with van der Waals surface area (Å²) in [6.07, 6.45) is 1.60. The first-order valence-electron chi connectivity index (χ1n) is 4.30. The van der Waals surface area contributed by atoms with Gasteiger partial charge in [0.25, 0.3) is 0 Å². The maximum Gasteiger partial charge on any atom is 0.158 e. The third-order valence-corrected chi connectivity index (χ3v) is 2.07. The van der Waals surface area contributed by atoms with Crippen LogP contribution in [0, 0.1) is 6.92 Å². The van der Waals surface area contributed by atoms with Crippen LogP contribution in [0.15, 0.2) is 16.8 Å². The van der Waals surface area contributed by atoms with Gasteiger partial charge in [-0.2, -0.15) is 0 Å². The Hall–Kier alpha value is -1.69. The Morgan fingerprint density at radius 3 is 3.00 bits per heavy atom. The third-order valence-electron chi connectivity index (χ3n) is 2.07. The molecule has 0 saturated carbocycles. The van der Waals surface area contributed by atoms with Crippen molar-refractivity contribution >= 4 is 0 Å². The third kappa shape index (κ3) is 1.51. The van der Waals surface area contributed by atoms with Crippen molar-refractivity contribution in [2.24, 2.45) is 5.73 Å². The van der Waals surface area contributed by atoms with Crippen LogP contribution in [-0.2, 0) is 13.1 Å². The van der Waals surface area contributed by atoms with Crippen LogP contribution >= 0.6 is 0 Å². The molecule has 2 aromatic heterocycles. The Balaban J connectivity index is 2.21. The van der Waals surface area contributed by atoms with Gasteiger partial charge in [0.05, 0.1) is 17.6 Å². The largest absolute Gasteiger partial charge is 0.359 e. The molecule has 0 spiro atoms. The smallest absolute Gasteiger partial charge is 0.158 e. The first kappa shape index (κ1) is 8.89. The Morgan fingerprint density at radius 1 is 1.57 bits per heavy atom. The summed E-state index contributed by atoms with van der Waals surface area (Å²) >= 11 is 0. The van der Waals surface area contributed by atoms with E-state index in [9.17, 15) is 0 Å². The van der Waals surface area contributed by atoms with Gasteiger partial charge in [-0.15, -0.1) is 5.10 Å². The molecule has 2 rings (SSSR count). The van der Waals surface area contributed by atoms with E-state index < -0.39 is 0 Å². The van der Waals surface area contributed by atoms with E-state index in [4.69, 9.17) is 10.3 Å². The van der Waals surface area contributed by atoms with E-state index in [0.29, 0.717) is 13.1 Å². The van der Waals surface area contributed by atoms with Gasteiger partial charge in [-0.05, 0) is 6.92 Å². The minimum Gasteiger partial charge on any atom is -0.359 e. The molecule has 0 radical (unpaired) electrons. The zero-order valence-electron chi connectivity index (χ0n) is 7.84. The number of nitrogens with two attached hydrogens (primary N) is 1. The molecule has 0 saturated heterocycles. The molecule has 0 aliphatic carbocycles. The molecule has 6 nitrogen and oxygen atoms in total. The molecule has 6 heteroatoms. The van der Waals surface area contributed by atoms with Gasteiger partial charge in [0.2, 0.25) is 0 Å². The van der Waals surface area contributed by atoms with Crippen molar-refractivity contribution < 1.29 is 4.52 Å². The average molecular weight is 193 g/mol. The highest BCUT2D eigenvalue weighted by atomic mass is 16.5. The molecule has 14 heavy (non-hydrogen) atoms. The predicted octanol–water partition coefficient (Wildman–Crippen LogP) is 0.0815. The van der Waals surface area contributed by atoms with E-state index in [1.807, 2.05) is 6.92 Å². The van der Waals surface area contributed by atoms with Crippen molar-refractivity contribution in [3.05, 3.63) is 29.4 Å². The first-order valence-corrected chi connectivity index (χ1v) is 4.30. The van der Waals surface area contributed by atoms with Gasteiger partial charge in [-0.25, -0.2) is 4.68 Å². The summed E-state index contributed by atoms with van der Waals surface area (Å²) in [4.78, 5) is 0. The minimum atomic E-state index is 0.405. The topological polar surface area (TPSA) is 82.8 Å². The van der Waals surface area contributed by atoms with E-state index in [1.165, 1.54) is 0 Å². The van der Waals surface area contributed by atoms with Crippen molar-refractivity contribution in [3.63, 3.8) is 0 Å². The Labute approximate surface area is 80.7 Å². The van der Waals surface area contributed by atoms with Crippen LogP contribution < -0.4 is 5.73 Å². The van der Waals surface area contributed by atoms with Gasteiger partial charge in [0.1, 0.15) is 6.54 Å². The number of rotatable bonds is 3. The van der Waals surface area contributed by atoms with Crippen molar-refractivity contribution in [2.45, 2.75) is 20.0 Å². The standard InChI is InChI=1S/C8H11N5O/c1-6-8(4-9)11-12-13(6)5-7-2-3-10-14-7/h2-3H,4-5,9H2,1H3. The normalized spacial score (nSPS) is 10.7. The van der Waals surface area contributed by atoms with Gasteiger partial charge in [0, 0.05) is 12.6 Å². The zero-order chi connectivity index (χ0) is 9.97. The molecule has 74 valence electrons. The summed E-state index contributed by atoms with van der Waals surface area (Å²) in [7, 11) is 0. The second kappa shape index (κ2) is 3.59. The molecular formula is C8H11N5O. The summed E-state index contributed by atoms with van der Waals surface area (Å²) in [5, 5.41) is 11.5. The summed E-state index contributed by atoms with van der Waals surface area (Å²) in [6.45, 7) is 2.87. The fourth-order valence-electron chi connectivity index (χ4n) is 1.21. The molecule has 0 atom stereocenters. The van der Waals surface area contributed by atoms with Gasteiger partial charge in [-0.1, -0.05) is 10.4 Å². The molecule has 0 unspecified atom stereocenters. The van der Waals surface area contributed by atoms with Crippen molar-refractivity contribution in [2.75, 3.05) is 0 Å². The average Bonchev–Trinajstić information content (AvgIpc) is 2.79. The summed E-state index contributed by atoms with van der Waals surface area (Å²) in [6, 6.07) is 1.79. The van der Waals surface area contributed by atoms with E-state index in [0.717, 1.165) is 17.1 Å². The molecule has 0 bridgehead atoms. The Kier molecular flexibility index (Phi) is 2.28. The van der Waals surface area contributed by atoms with Crippen molar-refractivity contribution in [3.8, 4) is 0 Å². The number of aromatic nitrogens is 4. The highest BCUT2D eigenvalue weighted by Crippen LogP contribution is 2.06. The lowest BCUT2D eigenvalue weighted by Gasteiger charge is -1.99. The number of nitrogens with zero attached hydrogens (tertiary/aromatic N) is 4. The van der Waals surface area contributed by atoms with Crippen LogP contribution in [0.4, 0.5) is 0 Å². The lowest BCUT2D eigenvalue weighted by molar-refractivity contribution is 0.369. The molecule has 0 fully saturated rings. The van der Waals surface area contributed by atoms with Gasteiger partial charge in [0.15, 0.2) is 5.76 Å². The lowest BCUT2D eigenvalue weighted by atomic mass is 10.3. The quantitative estimate of drug-likeness (QED) is 0.746. The molecule has 0 aromatic carbocycles. The fraction of sp³-hybridized carbons (Fsp3) is 0.375. The molecular weight excluding hydrogens is 182 g/mol. The second-order valence-electron chi connectivity index (χ2n) is 2.96. The number of hydrogen-bond donors (Lipinski definition) is 1. The zero-order valence-corrected chi connectivity index (χ0v) is 7.84. The molecule has 0 amide bonds. The van der Waals surface area contributed by atoms with Gasteiger partial charge >= 0.3 is 0 Å². The van der Waals surface area contributed by atoms with E-state index in [1.54, 1.807) is 16.9 Å². The van der Waals surface area contributed by atoms with Gasteiger partial charge < -0.3 is 10.3 Å². The monoisotopic (exact) mass is 193 g/mol. The van der Waals surface area contributed by atoms with Crippen molar-refractivity contribution in [1.29, 1.82) is 0 Å². The molecule has 2 N–H and O–H groups in total. The van der Waals surface area contributed by atoms with Crippen LogP contribution in [-0.4, -0.2) is 20.2 Å². The SMILES string of the molecule is Cc1c(CN)nnn1Cc1ccno1. The van der Waals surface area contributed by atoms with Crippen LogP contribution in [0.25, 0.3) is 0 Å². The molecule has 0 aliphatic heterocycles. The minimum absolute atomic E-state index is 0.405. The maximum atomic E-state index is 5.49. The number of hydrogen-bond acceptors (Lipinski definition) is 5. The fourth-order valence-corrected chi connectivity index (χ4v) is 1.21. The highest BCUT2D eigenvalue weighted by Gasteiger charge is 2.08. The molecule has 2 aromatic rings. The Morgan fingerprint density at radius 2 is 2.43 bits per heavy atom. The maximum absolute atomic E-state index is 5.49. The van der Waals surface area contributed by atoms with E-state index >= 15 is 0 Å². The van der Waals surface area contributed by atoms with Crippen LogP contribution in [0.1, 0.15) is 17.1 Å². The van der Waals surface area contributed by atoms with Gasteiger partial charge in [-0.3, -0.25) is 0 Å². The van der Waals surface area contributed by atoms with E-state index in [2.05, 4.69) is 15.5 Å². The highest BCUT2D eigenvalue weighted by molar-refractivity contribution is 5.08. The summed E-state index contributed by atoms with van der Waals surface area (Å²) in [5.41, 5.74) is 7.26. The van der Waals surface area contributed by atoms with Crippen LogP contribution in [0.5, 0.6) is 0 Å². The van der Waals surface area contributed by atoms with Crippen LogP contribution in [0.2, 0.25) is 0 Å². The lowest BCUT2D eigenvalue weighted by Crippen LogP contribution is -2.04.